The van der Waals surface area contributed by atoms with Crippen LogP contribution in [0, 0.1) is 0 Å². The van der Waals surface area contributed by atoms with Crippen molar-refractivity contribution >= 4 is 5.91 Å². The van der Waals surface area contributed by atoms with Crippen molar-refractivity contribution in [2.45, 2.75) is 31.7 Å². The number of likely N-dealkylation sites (tertiary alicyclic amines) is 1. The summed E-state index contributed by atoms with van der Waals surface area (Å²) >= 11 is 0. The predicted octanol–water partition coefficient (Wildman–Crippen LogP) is 0.309. The van der Waals surface area contributed by atoms with Crippen LogP contribution in [0.3, 0.4) is 0 Å². The van der Waals surface area contributed by atoms with Gasteiger partial charge in [0.1, 0.15) is 0 Å². The van der Waals surface area contributed by atoms with Crippen molar-refractivity contribution in [2.75, 3.05) is 53.0 Å². The number of rotatable bonds is 4. The third-order valence-corrected chi connectivity index (χ3v) is 4.30. The number of nitrogens with one attached hydrogen (secondary N) is 1. The van der Waals surface area contributed by atoms with E-state index in [-0.39, 0.29) is 11.4 Å². The molecule has 0 unspecified atom stereocenters. The molecule has 0 spiro atoms. The van der Waals surface area contributed by atoms with Crippen LogP contribution in [0.1, 0.15) is 26.2 Å². The van der Waals surface area contributed by atoms with Crippen LogP contribution in [-0.2, 0) is 9.53 Å². The highest BCUT2D eigenvalue weighted by molar-refractivity contribution is 5.76. The molecule has 2 heterocycles. The topological polar surface area (TPSA) is 44.8 Å². The SMILES string of the molecule is CCC(=O)NC1(CN2CCOCC2)CCN(C)CC1. The summed E-state index contributed by atoms with van der Waals surface area (Å²) in [7, 11) is 2.15. The number of amides is 1. The quantitative estimate of drug-likeness (QED) is 0.798. The van der Waals surface area contributed by atoms with Gasteiger partial charge in [-0.05, 0) is 19.9 Å². The van der Waals surface area contributed by atoms with Crippen molar-refractivity contribution in [3.05, 3.63) is 0 Å². The molecule has 5 nitrogen and oxygen atoms in total. The molecule has 0 radical (unpaired) electrons. The Bertz CT molecular complexity index is 295. The van der Waals surface area contributed by atoms with E-state index in [1.807, 2.05) is 6.92 Å². The molecule has 2 aliphatic rings. The van der Waals surface area contributed by atoms with Crippen LogP contribution < -0.4 is 5.32 Å². The summed E-state index contributed by atoms with van der Waals surface area (Å²) in [5.41, 5.74) is -0.0308. The number of nitrogens with zero attached hydrogens (tertiary/aromatic N) is 2. The molecule has 0 atom stereocenters. The lowest BCUT2D eigenvalue weighted by Crippen LogP contribution is -2.61. The minimum Gasteiger partial charge on any atom is -0.379 e. The van der Waals surface area contributed by atoms with Crippen LogP contribution in [0.4, 0.5) is 0 Å². The minimum absolute atomic E-state index is 0.0308. The molecule has 2 aliphatic heterocycles. The lowest BCUT2D eigenvalue weighted by Gasteiger charge is -2.44. The van der Waals surface area contributed by atoms with Crippen LogP contribution in [-0.4, -0.2) is 74.2 Å². The molecular formula is C14H27N3O2. The second kappa shape index (κ2) is 6.68. The van der Waals surface area contributed by atoms with Crippen LogP contribution in [0.25, 0.3) is 0 Å². The van der Waals surface area contributed by atoms with Gasteiger partial charge in [-0.1, -0.05) is 6.92 Å². The van der Waals surface area contributed by atoms with Gasteiger partial charge in [-0.25, -0.2) is 0 Å². The van der Waals surface area contributed by atoms with E-state index in [1.54, 1.807) is 0 Å². The van der Waals surface area contributed by atoms with E-state index in [2.05, 4.69) is 22.2 Å². The zero-order valence-corrected chi connectivity index (χ0v) is 12.3. The first-order chi connectivity index (χ1) is 9.13. The Morgan fingerprint density at radius 3 is 2.42 bits per heavy atom. The molecule has 0 aromatic heterocycles. The van der Waals surface area contributed by atoms with Crippen molar-refractivity contribution in [1.29, 1.82) is 0 Å². The van der Waals surface area contributed by atoms with E-state index in [9.17, 15) is 4.79 Å². The summed E-state index contributed by atoms with van der Waals surface area (Å²) in [6.07, 6.45) is 2.67. The summed E-state index contributed by atoms with van der Waals surface area (Å²) in [5, 5.41) is 3.30. The molecule has 2 fully saturated rings. The molecule has 19 heavy (non-hydrogen) atoms. The number of piperidine rings is 1. The zero-order chi connectivity index (χ0) is 13.7. The summed E-state index contributed by atoms with van der Waals surface area (Å²) in [4.78, 5) is 16.6. The maximum atomic E-state index is 11.8. The van der Waals surface area contributed by atoms with E-state index in [1.165, 1.54) is 0 Å². The smallest absolute Gasteiger partial charge is 0.220 e. The monoisotopic (exact) mass is 269 g/mol. The average molecular weight is 269 g/mol. The van der Waals surface area contributed by atoms with Gasteiger partial charge in [-0.2, -0.15) is 0 Å². The van der Waals surface area contributed by atoms with Gasteiger partial charge >= 0.3 is 0 Å². The molecule has 5 heteroatoms. The number of hydrogen-bond acceptors (Lipinski definition) is 4. The van der Waals surface area contributed by atoms with E-state index >= 15 is 0 Å². The van der Waals surface area contributed by atoms with Crippen LogP contribution in [0.15, 0.2) is 0 Å². The fourth-order valence-corrected chi connectivity index (χ4v) is 2.94. The fourth-order valence-electron chi connectivity index (χ4n) is 2.94. The molecule has 0 aromatic carbocycles. The largest absolute Gasteiger partial charge is 0.379 e. The maximum absolute atomic E-state index is 11.8. The Labute approximate surface area is 116 Å². The molecule has 0 saturated carbocycles. The number of carbonyl (C=O) groups is 1. The molecule has 0 aromatic rings. The van der Waals surface area contributed by atoms with Crippen molar-refractivity contribution in [2.24, 2.45) is 0 Å². The molecule has 0 aliphatic carbocycles. The van der Waals surface area contributed by atoms with Crippen LogP contribution >= 0.6 is 0 Å². The number of morpholine rings is 1. The fraction of sp³-hybridized carbons (Fsp3) is 0.929. The molecule has 2 saturated heterocycles. The molecular weight excluding hydrogens is 242 g/mol. The Balaban J connectivity index is 1.98. The zero-order valence-electron chi connectivity index (χ0n) is 12.3. The highest BCUT2D eigenvalue weighted by Crippen LogP contribution is 2.23. The highest BCUT2D eigenvalue weighted by Gasteiger charge is 2.36. The first kappa shape index (κ1) is 14.8. The number of carbonyl (C=O) groups excluding carboxylic acids is 1. The highest BCUT2D eigenvalue weighted by atomic mass is 16.5. The van der Waals surface area contributed by atoms with Gasteiger partial charge in [0.05, 0.1) is 18.8 Å². The van der Waals surface area contributed by atoms with Crippen molar-refractivity contribution in [3.63, 3.8) is 0 Å². The summed E-state index contributed by atoms with van der Waals surface area (Å²) in [6, 6.07) is 0. The molecule has 1 amide bonds. The summed E-state index contributed by atoms with van der Waals surface area (Å²) in [5.74, 6) is 0.179. The second-order valence-electron chi connectivity index (χ2n) is 5.87. The van der Waals surface area contributed by atoms with Gasteiger partial charge < -0.3 is 15.0 Å². The van der Waals surface area contributed by atoms with Gasteiger partial charge in [-0.3, -0.25) is 9.69 Å². The Morgan fingerprint density at radius 1 is 1.21 bits per heavy atom. The van der Waals surface area contributed by atoms with Crippen LogP contribution in [0.5, 0.6) is 0 Å². The van der Waals surface area contributed by atoms with E-state index < -0.39 is 0 Å². The average Bonchev–Trinajstić information content (AvgIpc) is 2.43. The normalized spacial score (nSPS) is 25.2. The maximum Gasteiger partial charge on any atom is 0.220 e. The van der Waals surface area contributed by atoms with E-state index in [0.717, 1.165) is 58.8 Å². The van der Waals surface area contributed by atoms with Gasteiger partial charge in [0, 0.05) is 39.1 Å². The lowest BCUT2D eigenvalue weighted by molar-refractivity contribution is -0.123. The summed E-state index contributed by atoms with van der Waals surface area (Å²) in [6.45, 7) is 8.62. The minimum atomic E-state index is -0.0308. The molecule has 2 rings (SSSR count). The Kier molecular flexibility index (Phi) is 5.19. The standard InChI is InChI=1S/C14H27N3O2/c1-3-13(18)15-14(4-6-16(2)7-5-14)12-17-8-10-19-11-9-17/h3-12H2,1-2H3,(H,15,18). The van der Waals surface area contributed by atoms with Crippen LogP contribution in [0.2, 0.25) is 0 Å². The first-order valence-electron chi connectivity index (χ1n) is 7.43. The van der Waals surface area contributed by atoms with E-state index in [0.29, 0.717) is 6.42 Å². The third-order valence-electron chi connectivity index (χ3n) is 4.30. The second-order valence-corrected chi connectivity index (χ2v) is 5.87. The van der Waals surface area contributed by atoms with Gasteiger partial charge in [0.15, 0.2) is 0 Å². The Hall–Kier alpha value is -0.650. The molecule has 1 N–H and O–H groups in total. The van der Waals surface area contributed by atoms with Gasteiger partial charge in [0.2, 0.25) is 5.91 Å². The molecule has 0 bridgehead atoms. The number of ether oxygens (including phenoxy) is 1. The van der Waals surface area contributed by atoms with Gasteiger partial charge in [-0.15, -0.1) is 0 Å². The number of hydrogen-bond donors (Lipinski definition) is 1. The van der Waals surface area contributed by atoms with Crippen molar-refractivity contribution < 1.29 is 9.53 Å². The Morgan fingerprint density at radius 2 is 1.84 bits per heavy atom. The molecule has 110 valence electrons. The van der Waals surface area contributed by atoms with Crippen molar-refractivity contribution in [3.8, 4) is 0 Å². The third kappa shape index (κ3) is 4.16. The van der Waals surface area contributed by atoms with Gasteiger partial charge in [0.25, 0.3) is 0 Å². The first-order valence-corrected chi connectivity index (χ1v) is 7.43. The summed E-state index contributed by atoms with van der Waals surface area (Å²) < 4.78 is 5.40. The lowest BCUT2D eigenvalue weighted by atomic mass is 9.86. The van der Waals surface area contributed by atoms with E-state index in [4.69, 9.17) is 4.74 Å². The predicted molar refractivity (Wildman–Crippen MR) is 75.2 cm³/mol. The van der Waals surface area contributed by atoms with Crippen molar-refractivity contribution in [1.82, 2.24) is 15.1 Å².